The molecule has 2 N–H and O–H groups in total. The first-order valence-corrected chi connectivity index (χ1v) is 8.74. The summed E-state index contributed by atoms with van der Waals surface area (Å²) >= 11 is 0. The molecule has 0 aromatic carbocycles. The van der Waals surface area contributed by atoms with Crippen molar-refractivity contribution in [2.24, 2.45) is 23.7 Å². The highest BCUT2D eigenvalue weighted by molar-refractivity contribution is 5.89. The lowest BCUT2D eigenvalue weighted by molar-refractivity contribution is -0.137. The molecule has 2 amide bonds. The number of amides is 2. The Morgan fingerprint density at radius 3 is 1.67 bits per heavy atom. The maximum absolute atomic E-state index is 12.5. The molecule has 2 aliphatic rings. The Labute approximate surface area is 128 Å². The van der Waals surface area contributed by atoms with Crippen LogP contribution in [-0.4, -0.2) is 24.9 Å². The Morgan fingerprint density at radius 1 is 0.857 bits per heavy atom. The zero-order valence-corrected chi connectivity index (χ0v) is 13.5. The summed E-state index contributed by atoms with van der Waals surface area (Å²) < 4.78 is 0. The molecule has 2 aliphatic carbocycles. The van der Waals surface area contributed by atoms with Gasteiger partial charge in [0.2, 0.25) is 11.8 Å². The molecule has 0 aliphatic heterocycles. The molecule has 4 heteroatoms. The molecule has 0 aromatic rings. The minimum absolute atomic E-state index is 0.0813. The molecule has 21 heavy (non-hydrogen) atoms. The Balaban J connectivity index is 1.93. The number of fused-ring (bicyclic) bond motifs is 2. The molecular weight excluding hydrogens is 264 g/mol. The number of unbranched alkanes of at least 4 members (excludes halogenated alkanes) is 2. The third kappa shape index (κ3) is 3.78. The molecule has 2 saturated carbocycles. The Morgan fingerprint density at radius 2 is 1.29 bits per heavy atom. The zero-order valence-electron chi connectivity index (χ0n) is 13.5. The smallest absolute Gasteiger partial charge is 0.224 e. The van der Waals surface area contributed by atoms with Gasteiger partial charge in [0, 0.05) is 13.1 Å². The van der Waals surface area contributed by atoms with Crippen molar-refractivity contribution < 1.29 is 9.59 Å². The molecule has 0 radical (unpaired) electrons. The Kier molecular flexibility index (Phi) is 6.07. The fraction of sp³-hybridized carbons (Fsp3) is 0.882. The predicted molar refractivity (Wildman–Crippen MR) is 83.6 cm³/mol. The van der Waals surface area contributed by atoms with Crippen LogP contribution in [-0.2, 0) is 9.59 Å². The molecular formula is C17H30N2O2. The van der Waals surface area contributed by atoms with Crippen LogP contribution in [0.3, 0.4) is 0 Å². The van der Waals surface area contributed by atoms with E-state index in [1.165, 1.54) is 0 Å². The summed E-state index contributed by atoms with van der Waals surface area (Å²) in [5.74, 6) is 0.930. The van der Waals surface area contributed by atoms with Crippen LogP contribution in [0.5, 0.6) is 0 Å². The lowest BCUT2D eigenvalue weighted by Gasteiger charge is -2.29. The van der Waals surface area contributed by atoms with Gasteiger partial charge in [0.15, 0.2) is 0 Å². The molecule has 0 saturated heterocycles. The number of hydrogen-bond donors (Lipinski definition) is 2. The van der Waals surface area contributed by atoms with Crippen LogP contribution in [0.2, 0.25) is 0 Å². The normalized spacial score (nSPS) is 30.4. The van der Waals surface area contributed by atoms with Gasteiger partial charge in [-0.15, -0.1) is 0 Å². The molecule has 2 bridgehead atoms. The summed E-state index contributed by atoms with van der Waals surface area (Å²) in [6.07, 6.45) is 7.50. The van der Waals surface area contributed by atoms with E-state index in [-0.39, 0.29) is 23.7 Å². The largest absolute Gasteiger partial charge is 0.356 e. The maximum atomic E-state index is 12.5. The predicted octanol–water partition coefficient (Wildman–Crippen LogP) is 2.48. The first kappa shape index (κ1) is 16.3. The third-order valence-corrected chi connectivity index (χ3v) is 5.18. The minimum Gasteiger partial charge on any atom is -0.356 e. The van der Waals surface area contributed by atoms with E-state index < -0.39 is 0 Å². The van der Waals surface area contributed by atoms with Gasteiger partial charge in [0.05, 0.1) is 11.8 Å². The van der Waals surface area contributed by atoms with E-state index in [4.69, 9.17) is 0 Å². The zero-order chi connectivity index (χ0) is 15.2. The Hall–Kier alpha value is -1.06. The van der Waals surface area contributed by atoms with Crippen molar-refractivity contribution in [3.8, 4) is 0 Å². The van der Waals surface area contributed by atoms with Crippen molar-refractivity contribution in [1.29, 1.82) is 0 Å². The second-order valence-electron chi connectivity index (χ2n) is 6.67. The lowest BCUT2D eigenvalue weighted by atomic mass is 9.78. The highest BCUT2D eigenvalue weighted by Crippen LogP contribution is 2.52. The fourth-order valence-corrected chi connectivity index (χ4v) is 4.06. The van der Waals surface area contributed by atoms with E-state index >= 15 is 0 Å². The average Bonchev–Trinajstić information content (AvgIpc) is 3.08. The summed E-state index contributed by atoms with van der Waals surface area (Å²) in [4.78, 5) is 24.9. The van der Waals surface area contributed by atoms with E-state index in [9.17, 15) is 9.59 Å². The average molecular weight is 294 g/mol. The number of hydrogen-bond acceptors (Lipinski definition) is 2. The second-order valence-corrected chi connectivity index (χ2v) is 6.67. The van der Waals surface area contributed by atoms with Gasteiger partial charge in [-0.2, -0.15) is 0 Å². The van der Waals surface area contributed by atoms with Gasteiger partial charge in [-0.1, -0.05) is 26.7 Å². The van der Waals surface area contributed by atoms with E-state index in [1.807, 2.05) is 0 Å². The minimum atomic E-state index is -0.0813. The van der Waals surface area contributed by atoms with Gasteiger partial charge in [0.25, 0.3) is 0 Å². The molecule has 4 unspecified atom stereocenters. The SMILES string of the molecule is CCCCNC(=O)C1C2CCC(C2)C1C(=O)NCCCC. The van der Waals surface area contributed by atoms with Crippen molar-refractivity contribution in [3.05, 3.63) is 0 Å². The lowest BCUT2D eigenvalue weighted by Crippen LogP contribution is -2.45. The van der Waals surface area contributed by atoms with Gasteiger partial charge in [-0.3, -0.25) is 9.59 Å². The molecule has 0 aromatic heterocycles. The number of rotatable bonds is 8. The van der Waals surface area contributed by atoms with E-state index in [1.54, 1.807) is 0 Å². The van der Waals surface area contributed by atoms with Crippen LogP contribution < -0.4 is 10.6 Å². The Bertz CT molecular complexity index is 336. The number of carbonyl (C=O) groups is 2. The van der Waals surface area contributed by atoms with Crippen LogP contribution in [0.25, 0.3) is 0 Å². The maximum Gasteiger partial charge on any atom is 0.224 e. The molecule has 4 atom stereocenters. The quantitative estimate of drug-likeness (QED) is 0.676. The van der Waals surface area contributed by atoms with Crippen LogP contribution >= 0.6 is 0 Å². The highest BCUT2D eigenvalue weighted by atomic mass is 16.2. The van der Waals surface area contributed by atoms with Gasteiger partial charge < -0.3 is 10.6 Å². The second kappa shape index (κ2) is 7.81. The van der Waals surface area contributed by atoms with Crippen LogP contribution in [0.15, 0.2) is 0 Å². The standard InChI is InChI=1S/C17H30N2O2/c1-3-5-9-18-16(20)14-12-7-8-13(11-12)15(14)17(21)19-10-6-4-2/h12-15H,3-11H2,1-2H3,(H,18,20)(H,19,21). The molecule has 120 valence electrons. The number of nitrogens with one attached hydrogen (secondary N) is 2. The first-order valence-electron chi connectivity index (χ1n) is 8.74. The van der Waals surface area contributed by atoms with Crippen molar-refractivity contribution in [3.63, 3.8) is 0 Å². The van der Waals surface area contributed by atoms with E-state index in [0.29, 0.717) is 11.8 Å². The van der Waals surface area contributed by atoms with Gasteiger partial charge >= 0.3 is 0 Å². The van der Waals surface area contributed by atoms with Crippen molar-refractivity contribution in [1.82, 2.24) is 10.6 Å². The van der Waals surface area contributed by atoms with Crippen LogP contribution in [0, 0.1) is 23.7 Å². The summed E-state index contributed by atoms with van der Waals surface area (Å²) in [6.45, 7) is 5.72. The summed E-state index contributed by atoms with van der Waals surface area (Å²) in [5, 5.41) is 6.09. The molecule has 0 heterocycles. The molecule has 2 fully saturated rings. The highest BCUT2D eigenvalue weighted by Gasteiger charge is 2.53. The van der Waals surface area contributed by atoms with Gasteiger partial charge in [-0.05, 0) is 43.9 Å². The van der Waals surface area contributed by atoms with E-state index in [0.717, 1.165) is 58.0 Å². The van der Waals surface area contributed by atoms with Crippen LogP contribution in [0.1, 0.15) is 58.8 Å². The molecule has 2 rings (SSSR count). The topological polar surface area (TPSA) is 58.2 Å². The van der Waals surface area contributed by atoms with Crippen molar-refractivity contribution in [2.45, 2.75) is 58.8 Å². The van der Waals surface area contributed by atoms with E-state index in [2.05, 4.69) is 24.5 Å². The van der Waals surface area contributed by atoms with Crippen molar-refractivity contribution >= 4 is 11.8 Å². The fourth-order valence-electron chi connectivity index (χ4n) is 4.06. The number of carbonyl (C=O) groups excluding carboxylic acids is 2. The van der Waals surface area contributed by atoms with Crippen LogP contribution in [0.4, 0.5) is 0 Å². The van der Waals surface area contributed by atoms with Gasteiger partial charge in [0.1, 0.15) is 0 Å². The first-order chi connectivity index (χ1) is 10.2. The summed E-state index contributed by atoms with van der Waals surface area (Å²) in [6, 6.07) is 0. The molecule has 0 spiro atoms. The summed E-state index contributed by atoms with van der Waals surface area (Å²) in [7, 11) is 0. The monoisotopic (exact) mass is 294 g/mol. The summed E-state index contributed by atoms with van der Waals surface area (Å²) in [5.41, 5.74) is 0. The van der Waals surface area contributed by atoms with Crippen molar-refractivity contribution in [2.75, 3.05) is 13.1 Å². The van der Waals surface area contributed by atoms with Gasteiger partial charge in [-0.25, -0.2) is 0 Å². The third-order valence-electron chi connectivity index (χ3n) is 5.18. The molecule has 4 nitrogen and oxygen atoms in total.